The smallest absolute Gasteiger partial charge is 0.163 e. The lowest BCUT2D eigenvalue weighted by atomic mass is 10.00. The van der Waals surface area contributed by atoms with E-state index in [1.54, 1.807) is 6.26 Å². The Bertz CT molecular complexity index is 514. The summed E-state index contributed by atoms with van der Waals surface area (Å²) in [6, 6.07) is 5.67. The molecule has 3 heteroatoms. The van der Waals surface area contributed by atoms with Crippen LogP contribution in [0.15, 0.2) is 28.9 Å². The lowest BCUT2D eigenvalue weighted by Crippen LogP contribution is -2.06. The molecule has 1 heterocycles. The first-order valence-electron chi connectivity index (χ1n) is 5.43. The van der Waals surface area contributed by atoms with Crippen LogP contribution < -0.4 is 5.73 Å². The van der Waals surface area contributed by atoms with Gasteiger partial charge in [-0.15, -0.1) is 0 Å². The number of nitrogens with two attached hydrogens (primary N) is 1. The third kappa shape index (κ3) is 1.99. The second-order valence-corrected chi connectivity index (χ2v) is 3.94. The zero-order valence-electron chi connectivity index (χ0n) is 9.32. The third-order valence-electron chi connectivity index (χ3n) is 2.71. The molecule has 16 heavy (non-hydrogen) atoms. The molecule has 0 saturated carbocycles. The molecule has 0 aliphatic carbocycles. The largest absolute Gasteiger partial charge is 0.464 e. The number of fused-ring (bicyclic) bond motifs is 1. The molecule has 3 nitrogen and oxygen atoms in total. The first-order chi connectivity index (χ1) is 7.72. The van der Waals surface area contributed by atoms with Crippen LogP contribution in [0.25, 0.3) is 11.0 Å². The van der Waals surface area contributed by atoms with Gasteiger partial charge in [-0.25, -0.2) is 0 Å². The molecule has 2 rings (SSSR count). The Morgan fingerprint density at radius 2 is 2.25 bits per heavy atom. The highest BCUT2D eigenvalue weighted by molar-refractivity contribution is 6.00. The van der Waals surface area contributed by atoms with Gasteiger partial charge in [-0.3, -0.25) is 4.79 Å². The van der Waals surface area contributed by atoms with Gasteiger partial charge in [0, 0.05) is 17.4 Å². The van der Waals surface area contributed by atoms with Gasteiger partial charge >= 0.3 is 0 Å². The van der Waals surface area contributed by atoms with Crippen LogP contribution in [0.2, 0.25) is 0 Å². The van der Waals surface area contributed by atoms with Crippen molar-refractivity contribution >= 4 is 16.8 Å². The fourth-order valence-electron chi connectivity index (χ4n) is 1.81. The molecule has 0 unspecified atom stereocenters. The second-order valence-electron chi connectivity index (χ2n) is 3.94. The Balaban J connectivity index is 2.35. The van der Waals surface area contributed by atoms with Crippen LogP contribution in [-0.2, 0) is 0 Å². The molecule has 0 amide bonds. The van der Waals surface area contributed by atoms with Crippen molar-refractivity contribution in [3.05, 3.63) is 35.6 Å². The van der Waals surface area contributed by atoms with Crippen molar-refractivity contribution in [2.24, 2.45) is 5.73 Å². The average molecular weight is 217 g/mol. The number of rotatable bonds is 4. The van der Waals surface area contributed by atoms with Gasteiger partial charge in [0.2, 0.25) is 0 Å². The maximum Gasteiger partial charge on any atom is 0.163 e. The molecule has 0 aliphatic rings. The molecule has 0 fully saturated rings. The van der Waals surface area contributed by atoms with E-state index >= 15 is 0 Å². The Morgan fingerprint density at radius 3 is 3.00 bits per heavy atom. The molecular formula is C13H15NO2. The topological polar surface area (TPSA) is 56.2 Å². The van der Waals surface area contributed by atoms with Crippen molar-refractivity contribution in [2.75, 3.05) is 6.54 Å². The molecule has 1 aromatic carbocycles. The lowest BCUT2D eigenvalue weighted by molar-refractivity contribution is 0.0980. The second kappa shape index (κ2) is 4.49. The number of carbonyl (C=O) groups excluding carboxylic acids is 1. The summed E-state index contributed by atoms with van der Waals surface area (Å²) in [6.07, 6.45) is 2.89. The molecule has 0 bridgehead atoms. The predicted octanol–water partition coefficient (Wildman–Crippen LogP) is 2.66. The van der Waals surface area contributed by atoms with Crippen molar-refractivity contribution in [3.8, 4) is 0 Å². The van der Waals surface area contributed by atoms with Crippen LogP contribution in [0.1, 0.15) is 28.8 Å². The number of hydrogen-bond donors (Lipinski definition) is 1. The van der Waals surface area contributed by atoms with Crippen LogP contribution in [0.5, 0.6) is 0 Å². The molecule has 0 radical (unpaired) electrons. The van der Waals surface area contributed by atoms with Crippen molar-refractivity contribution in [1.29, 1.82) is 0 Å². The lowest BCUT2D eigenvalue weighted by Gasteiger charge is -2.04. The summed E-state index contributed by atoms with van der Waals surface area (Å²) >= 11 is 0. The van der Waals surface area contributed by atoms with Crippen molar-refractivity contribution < 1.29 is 9.21 Å². The zero-order valence-corrected chi connectivity index (χ0v) is 9.32. The van der Waals surface area contributed by atoms with Crippen LogP contribution in [0.3, 0.4) is 0 Å². The predicted molar refractivity (Wildman–Crippen MR) is 63.6 cm³/mol. The maximum atomic E-state index is 11.9. The first kappa shape index (κ1) is 10.9. The van der Waals surface area contributed by atoms with Gasteiger partial charge in [0.25, 0.3) is 0 Å². The summed E-state index contributed by atoms with van der Waals surface area (Å²) in [5, 5.41) is 0.974. The highest BCUT2D eigenvalue weighted by Crippen LogP contribution is 2.21. The van der Waals surface area contributed by atoms with Gasteiger partial charge in [-0.1, -0.05) is 0 Å². The fraction of sp³-hybridized carbons (Fsp3) is 0.308. The molecule has 0 spiro atoms. The summed E-state index contributed by atoms with van der Waals surface area (Å²) in [7, 11) is 0. The number of benzene rings is 1. The van der Waals surface area contributed by atoms with E-state index in [1.807, 2.05) is 25.1 Å². The SMILES string of the molecule is Cc1cc2occc2cc1C(=O)CCCN. The minimum absolute atomic E-state index is 0.158. The molecular weight excluding hydrogens is 202 g/mol. The summed E-state index contributed by atoms with van der Waals surface area (Å²) in [6.45, 7) is 2.48. The minimum Gasteiger partial charge on any atom is -0.464 e. The highest BCUT2D eigenvalue weighted by Gasteiger charge is 2.10. The molecule has 1 aromatic heterocycles. The van der Waals surface area contributed by atoms with E-state index in [9.17, 15) is 4.79 Å². The van der Waals surface area contributed by atoms with E-state index < -0.39 is 0 Å². The van der Waals surface area contributed by atoms with Crippen molar-refractivity contribution in [2.45, 2.75) is 19.8 Å². The molecule has 84 valence electrons. The zero-order chi connectivity index (χ0) is 11.5. The quantitative estimate of drug-likeness (QED) is 0.801. The van der Waals surface area contributed by atoms with E-state index in [2.05, 4.69) is 0 Å². The molecule has 0 saturated heterocycles. The molecule has 0 atom stereocenters. The van der Waals surface area contributed by atoms with Gasteiger partial charge in [-0.05, 0) is 43.7 Å². The Kier molecular flexibility index (Phi) is 3.06. The Labute approximate surface area is 94.2 Å². The van der Waals surface area contributed by atoms with Crippen molar-refractivity contribution in [3.63, 3.8) is 0 Å². The van der Waals surface area contributed by atoms with E-state index in [-0.39, 0.29) is 5.78 Å². The summed E-state index contributed by atoms with van der Waals surface area (Å²) in [4.78, 5) is 11.9. The van der Waals surface area contributed by atoms with E-state index in [4.69, 9.17) is 10.2 Å². The number of Topliss-reactive ketones (excluding diaryl/α,β-unsaturated/α-hetero) is 1. The Morgan fingerprint density at radius 1 is 1.44 bits per heavy atom. The number of aryl methyl sites for hydroxylation is 1. The number of furan rings is 1. The Hall–Kier alpha value is -1.61. The summed E-state index contributed by atoms with van der Waals surface area (Å²) in [5.74, 6) is 0.158. The van der Waals surface area contributed by atoms with Crippen LogP contribution >= 0.6 is 0 Å². The van der Waals surface area contributed by atoms with Gasteiger partial charge in [0.15, 0.2) is 5.78 Å². The van der Waals surface area contributed by atoms with Crippen LogP contribution in [0.4, 0.5) is 0 Å². The van der Waals surface area contributed by atoms with Crippen LogP contribution in [-0.4, -0.2) is 12.3 Å². The number of hydrogen-bond acceptors (Lipinski definition) is 3. The number of ketones is 1. The summed E-state index contributed by atoms with van der Waals surface area (Å²) in [5.41, 5.74) is 7.97. The van der Waals surface area contributed by atoms with Gasteiger partial charge in [-0.2, -0.15) is 0 Å². The van der Waals surface area contributed by atoms with Crippen molar-refractivity contribution in [1.82, 2.24) is 0 Å². The van der Waals surface area contributed by atoms with Gasteiger partial charge < -0.3 is 10.2 Å². The minimum atomic E-state index is 0.158. The van der Waals surface area contributed by atoms with Gasteiger partial charge in [0.05, 0.1) is 6.26 Å². The highest BCUT2D eigenvalue weighted by atomic mass is 16.3. The fourth-order valence-corrected chi connectivity index (χ4v) is 1.81. The van der Waals surface area contributed by atoms with Gasteiger partial charge in [0.1, 0.15) is 5.58 Å². The maximum absolute atomic E-state index is 11.9. The normalized spacial score (nSPS) is 10.9. The standard InChI is InChI=1S/C13H15NO2/c1-9-7-13-10(4-6-16-13)8-11(9)12(15)3-2-5-14/h4,6-8H,2-3,5,14H2,1H3. The molecule has 0 aliphatic heterocycles. The molecule has 2 N–H and O–H groups in total. The monoisotopic (exact) mass is 217 g/mol. The molecule has 2 aromatic rings. The third-order valence-corrected chi connectivity index (χ3v) is 2.71. The van der Waals surface area contributed by atoms with E-state index in [0.717, 1.165) is 28.5 Å². The average Bonchev–Trinajstić information content (AvgIpc) is 2.71. The number of carbonyl (C=O) groups is 1. The first-order valence-corrected chi connectivity index (χ1v) is 5.43. The van der Waals surface area contributed by atoms with E-state index in [1.165, 1.54) is 0 Å². The van der Waals surface area contributed by atoms with Crippen LogP contribution in [0, 0.1) is 6.92 Å². The van der Waals surface area contributed by atoms with E-state index in [0.29, 0.717) is 13.0 Å². The summed E-state index contributed by atoms with van der Waals surface area (Å²) < 4.78 is 5.28.